The molecular formula is C19H29NO4S. The second-order valence-electron chi connectivity index (χ2n) is 7.68. The predicted octanol–water partition coefficient (Wildman–Crippen LogP) is 3.26. The first-order valence-corrected chi connectivity index (χ1v) is 10.3. The van der Waals surface area contributed by atoms with Gasteiger partial charge in [-0.05, 0) is 49.3 Å². The van der Waals surface area contributed by atoms with Crippen LogP contribution < -0.4 is 0 Å². The number of hydrogen-bond donors (Lipinski definition) is 0. The highest BCUT2D eigenvalue weighted by Crippen LogP contribution is 2.30. The van der Waals surface area contributed by atoms with Crippen LogP contribution in [0.3, 0.4) is 0 Å². The van der Waals surface area contributed by atoms with Crippen molar-refractivity contribution in [3.8, 4) is 0 Å². The summed E-state index contributed by atoms with van der Waals surface area (Å²) in [5.41, 5.74) is 1.58. The van der Waals surface area contributed by atoms with Crippen molar-refractivity contribution in [2.75, 3.05) is 19.7 Å². The van der Waals surface area contributed by atoms with E-state index in [1.54, 1.807) is 13.0 Å². The van der Waals surface area contributed by atoms with Gasteiger partial charge in [-0.15, -0.1) is 0 Å². The third-order valence-electron chi connectivity index (χ3n) is 4.68. The summed E-state index contributed by atoms with van der Waals surface area (Å²) in [5, 5.41) is 0. The zero-order valence-corrected chi connectivity index (χ0v) is 16.6. The molecule has 1 aromatic carbocycles. The number of piperidine rings is 1. The number of rotatable bonds is 4. The number of carbonyl (C=O) groups excluding carboxylic acids is 1. The lowest BCUT2D eigenvalue weighted by molar-refractivity contribution is -0.149. The summed E-state index contributed by atoms with van der Waals surface area (Å²) in [6, 6.07) is 5.62. The predicted molar refractivity (Wildman–Crippen MR) is 98.0 cm³/mol. The first-order chi connectivity index (χ1) is 11.6. The molecule has 1 aromatic rings. The molecule has 0 aliphatic carbocycles. The van der Waals surface area contributed by atoms with Gasteiger partial charge in [-0.2, -0.15) is 4.31 Å². The van der Waals surface area contributed by atoms with Gasteiger partial charge < -0.3 is 4.74 Å². The molecular weight excluding hydrogens is 338 g/mol. The van der Waals surface area contributed by atoms with Gasteiger partial charge in [0.05, 0.1) is 17.4 Å². The number of esters is 1. The first kappa shape index (κ1) is 19.9. The van der Waals surface area contributed by atoms with Crippen molar-refractivity contribution in [2.45, 2.75) is 57.8 Å². The summed E-state index contributed by atoms with van der Waals surface area (Å²) in [4.78, 5) is 12.4. The van der Waals surface area contributed by atoms with Crippen LogP contribution in [0.25, 0.3) is 0 Å². The minimum Gasteiger partial charge on any atom is -0.466 e. The van der Waals surface area contributed by atoms with E-state index >= 15 is 0 Å². The summed E-state index contributed by atoms with van der Waals surface area (Å²) in [6.07, 6.45) is 1.34. The second-order valence-corrected chi connectivity index (χ2v) is 9.59. The number of nitrogens with zero attached hydrogens (tertiary/aromatic N) is 1. The van der Waals surface area contributed by atoms with Crippen molar-refractivity contribution >= 4 is 16.0 Å². The molecule has 0 bridgehead atoms. The largest absolute Gasteiger partial charge is 0.466 e. The van der Waals surface area contributed by atoms with Gasteiger partial charge in [0.2, 0.25) is 10.0 Å². The van der Waals surface area contributed by atoms with E-state index in [0.717, 1.165) is 11.1 Å². The van der Waals surface area contributed by atoms with Crippen LogP contribution in [0.4, 0.5) is 0 Å². The monoisotopic (exact) mass is 367 g/mol. The fourth-order valence-corrected chi connectivity index (χ4v) is 4.87. The van der Waals surface area contributed by atoms with Crippen molar-refractivity contribution in [1.82, 2.24) is 4.31 Å². The fraction of sp³-hybridized carbons (Fsp3) is 0.632. The zero-order chi connectivity index (χ0) is 18.8. The Morgan fingerprint density at radius 3 is 2.60 bits per heavy atom. The Bertz CT molecular complexity index is 734. The van der Waals surface area contributed by atoms with Crippen molar-refractivity contribution in [1.29, 1.82) is 0 Å². The van der Waals surface area contributed by atoms with Crippen molar-refractivity contribution in [2.24, 2.45) is 5.92 Å². The Labute approximate surface area is 151 Å². The molecule has 1 saturated heterocycles. The molecule has 6 heteroatoms. The molecule has 1 aliphatic heterocycles. The molecule has 5 nitrogen and oxygen atoms in total. The summed E-state index contributed by atoms with van der Waals surface area (Å²) in [6.45, 7) is 10.7. The molecule has 0 unspecified atom stereocenters. The number of benzene rings is 1. The lowest BCUT2D eigenvalue weighted by atomic mass is 9.87. The number of hydrogen-bond acceptors (Lipinski definition) is 4. The van der Waals surface area contributed by atoms with E-state index in [1.807, 2.05) is 19.1 Å². The lowest BCUT2D eigenvalue weighted by Gasteiger charge is -2.31. The average molecular weight is 368 g/mol. The molecule has 1 fully saturated rings. The topological polar surface area (TPSA) is 63.7 Å². The summed E-state index contributed by atoms with van der Waals surface area (Å²) < 4.78 is 32.9. The number of aryl methyl sites for hydroxylation is 1. The highest BCUT2D eigenvalue weighted by molar-refractivity contribution is 7.89. The van der Waals surface area contributed by atoms with Gasteiger partial charge in [-0.3, -0.25) is 4.79 Å². The van der Waals surface area contributed by atoms with Crippen molar-refractivity contribution in [3.63, 3.8) is 0 Å². The number of ether oxygens (including phenoxy) is 1. The molecule has 2 rings (SSSR count). The van der Waals surface area contributed by atoms with Crippen LogP contribution in [0.2, 0.25) is 0 Å². The number of carbonyl (C=O) groups is 1. The van der Waals surface area contributed by atoms with Crippen LogP contribution in [0.1, 0.15) is 51.7 Å². The van der Waals surface area contributed by atoms with E-state index < -0.39 is 10.0 Å². The zero-order valence-electron chi connectivity index (χ0n) is 15.8. The second kappa shape index (κ2) is 7.46. The Hall–Kier alpha value is -1.40. The Balaban J connectivity index is 2.33. The highest BCUT2D eigenvalue weighted by atomic mass is 32.2. The standard InChI is InChI=1S/C19H29NO4S/c1-6-24-18(21)15-8-7-11-20(13-15)25(22,23)17-12-16(19(3,4)5)10-9-14(17)2/h9-10,12,15H,6-8,11,13H2,1-5H3/t15-/m1/s1. The van der Waals surface area contributed by atoms with Crippen molar-refractivity contribution < 1.29 is 17.9 Å². The van der Waals surface area contributed by atoms with Crippen LogP contribution in [0.15, 0.2) is 23.1 Å². The smallest absolute Gasteiger partial charge is 0.310 e. The van der Waals surface area contributed by atoms with Crippen LogP contribution in [-0.2, 0) is 25.0 Å². The average Bonchev–Trinajstić information content (AvgIpc) is 2.54. The molecule has 1 heterocycles. The van der Waals surface area contributed by atoms with Gasteiger partial charge in [0, 0.05) is 13.1 Å². The maximum Gasteiger partial charge on any atom is 0.310 e. The molecule has 0 aromatic heterocycles. The van der Waals surface area contributed by atoms with Crippen LogP contribution in [0.5, 0.6) is 0 Å². The molecule has 0 N–H and O–H groups in total. The summed E-state index contributed by atoms with van der Waals surface area (Å²) >= 11 is 0. The van der Waals surface area contributed by atoms with E-state index in [-0.39, 0.29) is 23.8 Å². The fourth-order valence-electron chi connectivity index (χ4n) is 3.10. The Morgan fingerprint density at radius 2 is 2.00 bits per heavy atom. The molecule has 140 valence electrons. The maximum absolute atomic E-state index is 13.2. The van der Waals surface area contributed by atoms with Gasteiger partial charge >= 0.3 is 5.97 Å². The quantitative estimate of drug-likeness (QED) is 0.766. The molecule has 0 radical (unpaired) electrons. The van der Waals surface area contributed by atoms with Gasteiger partial charge in [0.25, 0.3) is 0 Å². The van der Waals surface area contributed by atoms with Gasteiger partial charge in [0.1, 0.15) is 0 Å². The summed E-state index contributed by atoms with van der Waals surface area (Å²) in [7, 11) is -3.63. The van der Waals surface area contributed by atoms with Gasteiger partial charge in [-0.1, -0.05) is 32.9 Å². The first-order valence-electron chi connectivity index (χ1n) is 8.85. The van der Waals surface area contributed by atoms with Gasteiger partial charge in [-0.25, -0.2) is 8.42 Å². The summed E-state index contributed by atoms with van der Waals surface area (Å²) in [5.74, 6) is -0.683. The van der Waals surface area contributed by atoms with Crippen molar-refractivity contribution in [3.05, 3.63) is 29.3 Å². The third-order valence-corrected chi connectivity index (χ3v) is 6.68. The van der Waals surface area contributed by atoms with Gasteiger partial charge in [0.15, 0.2) is 0 Å². The van der Waals surface area contributed by atoms with Crippen LogP contribution >= 0.6 is 0 Å². The van der Waals surface area contributed by atoms with E-state index in [2.05, 4.69) is 20.8 Å². The lowest BCUT2D eigenvalue weighted by Crippen LogP contribution is -2.43. The maximum atomic E-state index is 13.2. The molecule has 0 spiro atoms. The molecule has 25 heavy (non-hydrogen) atoms. The highest BCUT2D eigenvalue weighted by Gasteiger charge is 2.35. The third kappa shape index (κ3) is 4.42. The van der Waals surface area contributed by atoms with E-state index in [9.17, 15) is 13.2 Å². The Morgan fingerprint density at radius 1 is 1.32 bits per heavy atom. The van der Waals surface area contributed by atoms with Crippen LogP contribution in [-0.4, -0.2) is 38.4 Å². The molecule has 0 saturated carbocycles. The minimum atomic E-state index is -3.63. The molecule has 1 atom stereocenters. The normalized spacial score (nSPS) is 19.6. The van der Waals surface area contributed by atoms with E-state index in [4.69, 9.17) is 4.74 Å². The van der Waals surface area contributed by atoms with Crippen LogP contribution in [0, 0.1) is 12.8 Å². The van der Waals surface area contributed by atoms with E-state index in [1.165, 1.54) is 4.31 Å². The minimum absolute atomic E-state index is 0.132. The van der Waals surface area contributed by atoms with E-state index in [0.29, 0.717) is 30.9 Å². The molecule has 0 amide bonds. The Kier molecular flexibility index (Phi) is 5.94. The molecule has 1 aliphatic rings. The number of sulfonamides is 1. The SMILES string of the molecule is CCOC(=O)[C@@H]1CCCN(S(=O)(=O)c2cc(C(C)(C)C)ccc2C)C1.